The third kappa shape index (κ3) is 2.82. The van der Waals surface area contributed by atoms with Gasteiger partial charge in [-0.1, -0.05) is 0 Å². The number of aryl methyl sites for hydroxylation is 1. The number of hydrogen-bond acceptors (Lipinski definition) is 3. The molecule has 2 atom stereocenters. The lowest BCUT2D eigenvalue weighted by molar-refractivity contribution is -0.141. The minimum atomic E-state index is -0.936. The van der Waals surface area contributed by atoms with Crippen LogP contribution in [-0.2, 0) is 11.8 Å². The third-order valence-corrected chi connectivity index (χ3v) is 2.44. The van der Waals surface area contributed by atoms with Gasteiger partial charge in [0.2, 0.25) is 0 Å². The van der Waals surface area contributed by atoms with Crippen LogP contribution in [0.25, 0.3) is 0 Å². The molecule has 1 amide bonds. The van der Waals surface area contributed by atoms with E-state index >= 15 is 0 Å². The van der Waals surface area contributed by atoms with Gasteiger partial charge in [0.05, 0.1) is 5.92 Å². The molecule has 1 aromatic rings. The number of aromatic nitrogens is 2. The molecule has 0 bridgehead atoms. The van der Waals surface area contributed by atoms with Gasteiger partial charge in [-0.2, -0.15) is 5.10 Å². The number of carboxylic acid groups (broad SMARTS) is 1. The normalized spacial score (nSPS) is 14.2. The van der Waals surface area contributed by atoms with Crippen molar-refractivity contribution in [2.45, 2.75) is 19.9 Å². The summed E-state index contributed by atoms with van der Waals surface area (Å²) in [6, 6.07) is 1.14. The van der Waals surface area contributed by atoms with E-state index in [4.69, 9.17) is 5.11 Å². The number of carbonyl (C=O) groups is 2. The summed E-state index contributed by atoms with van der Waals surface area (Å²) in [7, 11) is 1.71. The Morgan fingerprint density at radius 3 is 2.56 bits per heavy atom. The lowest BCUT2D eigenvalue weighted by Gasteiger charge is -2.16. The van der Waals surface area contributed by atoms with Gasteiger partial charge in [0.15, 0.2) is 0 Å². The summed E-state index contributed by atoms with van der Waals surface area (Å²) >= 11 is 0. The van der Waals surface area contributed by atoms with E-state index in [2.05, 4.69) is 10.4 Å². The van der Waals surface area contributed by atoms with Crippen LogP contribution in [0.5, 0.6) is 0 Å². The highest BCUT2D eigenvalue weighted by atomic mass is 16.4. The molecule has 6 heteroatoms. The molecule has 16 heavy (non-hydrogen) atoms. The average Bonchev–Trinajstić information content (AvgIpc) is 2.63. The molecule has 0 spiro atoms. The number of rotatable bonds is 4. The molecule has 1 rings (SSSR count). The lowest BCUT2D eigenvalue weighted by atomic mass is 10.0. The molecule has 2 N–H and O–H groups in total. The van der Waals surface area contributed by atoms with Crippen molar-refractivity contribution < 1.29 is 14.7 Å². The first-order chi connectivity index (χ1) is 7.41. The molecule has 0 fully saturated rings. The zero-order chi connectivity index (χ0) is 12.3. The fourth-order valence-corrected chi connectivity index (χ4v) is 1.16. The minimum Gasteiger partial charge on any atom is -0.481 e. The second kappa shape index (κ2) is 4.78. The Balaban J connectivity index is 2.61. The second-order valence-corrected chi connectivity index (χ2v) is 3.76. The van der Waals surface area contributed by atoms with Crippen LogP contribution in [0.4, 0.5) is 0 Å². The first-order valence-electron chi connectivity index (χ1n) is 4.95. The molecule has 0 aliphatic carbocycles. The average molecular weight is 225 g/mol. The van der Waals surface area contributed by atoms with Crippen LogP contribution in [0.15, 0.2) is 12.3 Å². The van der Waals surface area contributed by atoms with Crippen molar-refractivity contribution in [2.24, 2.45) is 13.0 Å². The van der Waals surface area contributed by atoms with Crippen LogP contribution in [0.2, 0.25) is 0 Å². The number of nitrogens with one attached hydrogen (secondary N) is 1. The number of amides is 1. The quantitative estimate of drug-likeness (QED) is 0.769. The van der Waals surface area contributed by atoms with Gasteiger partial charge < -0.3 is 10.4 Å². The molecular weight excluding hydrogens is 210 g/mol. The van der Waals surface area contributed by atoms with Crippen molar-refractivity contribution in [3.63, 3.8) is 0 Å². The van der Waals surface area contributed by atoms with E-state index in [1.165, 1.54) is 4.68 Å². The van der Waals surface area contributed by atoms with Crippen molar-refractivity contribution >= 4 is 11.9 Å². The molecule has 0 aromatic carbocycles. The zero-order valence-electron chi connectivity index (χ0n) is 9.47. The largest absolute Gasteiger partial charge is 0.481 e. The molecule has 0 aliphatic rings. The Hall–Kier alpha value is -1.85. The van der Waals surface area contributed by atoms with Gasteiger partial charge in [-0.05, 0) is 19.9 Å². The standard InChI is InChI=1S/C10H15N3O3/c1-6(10(15)16)7(2)11-9(14)8-4-5-13(3)12-8/h4-7H,1-3H3,(H,11,14)(H,15,16). The Kier molecular flexibility index (Phi) is 3.65. The molecule has 0 saturated carbocycles. The predicted molar refractivity (Wildman–Crippen MR) is 56.9 cm³/mol. The van der Waals surface area contributed by atoms with Gasteiger partial charge in [-0.15, -0.1) is 0 Å². The number of nitrogens with zero attached hydrogens (tertiary/aromatic N) is 2. The van der Waals surface area contributed by atoms with E-state index in [1.54, 1.807) is 33.2 Å². The van der Waals surface area contributed by atoms with Crippen molar-refractivity contribution in [3.05, 3.63) is 18.0 Å². The maximum atomic E-state index is 11.6. The van der Waals surface area contributed by atoms with Crippen LogP contribution >= 0.6 is 0 Å². The summed E-state index contributed by atoms with van der Waals surface area (Å²) in [5, 5.41) is 15.3. The Morgan fingerprint density at radius 1 is 1.50 bits per heavy atom. The molecule has 2 unspecified atom stereocenters. The van der Waals surface area contributed by atoms with Crippen LogP contribution < -0.4 is 5.32 Å². The first-order valence-corrected chi connectivity index (χ1v) is 4.95. The molecule has 0 aliphatic heterocycles. The van der Waals surface area contributed by atoms with Crippen molar-refractivity contribution in [1.82, 2.24) is 15.1 Å². The molecule has 1 aromatic heterocycles. The summed E-state index contributed by atoms with van der Waals surface area (Å²) in [6.45, 7) is 3.20. The maximum Gasteiger partial charge on any atom is 0.308 e. The number of carboxylic acids is 1. The van der Waals surface area contributed by atoms with E-state index in [0.717, 1.165) is 0 Å². The molecule has 88 valence electrons. The molecule has 1 heterocycles. The summed E-state index contributed by atoms with van der Waals surface area (Å²) in [5.74, 6) is -1.93. The minimum absolute atomic E-state index is 0.284. The molecule has 0 saturated heterocycles. The summed E-state index contributed by atoms with van der Waals surface area (Å²) < 4.78 is 1.51. The summed E-state index contributed by atoms with van der Waals surface area (Å²) in [6.07, 6.45) is 1.65. The van der Waals surface area contributed by atoms with Gasteiger partial charge in [-0.25, -0.2) is 0 Å². The van der Waals surface area contributed by atoms with E-state index in [-0.39, 0.29) is 11.6 Å². The highest BCUT2D eigenvalue weighted by Crippen LogP contribution is 2.04. The van der Waals surface area contributed by atoms with Gasteiger partial charge in [0.25, 0.3) is 5.91 Å². The number of hydrogen-bond donors (Lipinski definition) is 2. The van der Waals surface area contributed by atoms with Crippen LogP contribution in [0, 0.1) is 5.92 Å². The van der Waals surface area contributed by atoms with Crippen molar-refractivity contribution in [3.8, 4) is 0 Å². The smallest absolute Gasteiger partial charge is 0.308 e. The van der Waals surface area contributed by atoms with Crippen LogP contribution in [0.1, 0.15) is 24.3 Å². The fourth-order valence-electron chi connectivity index (χ4n) is 1.16. The Bertz CT molecular complexity index is 400. The maximum absolute atomic E-state index is 11.6. The monoisotopic (exact) mass is 225 g/mol. The first kappa shape index (κ1) is 12.2. The second-order valence-electron chi connectivity index (χ2n) is 3.76. The molecular formula is C10H15N3O3. The topological polar surface area (TPSA) is 84.2 Å². The Morgan fingerprint density at radius 2 is 2.12 bits per heavy atom. The van der Waals surface area contributed by atoms with Gasteiger partial charge in [-0.3, -0.25) is 14.3 Å². The van der Waals surface area contributed by atoms with Gasteiger partial charge >= 0.3 is 5.97 Å². The third-order valence-electron chi connectivity index (χ3n) is 2.44. The predicted octanol–water partition coefficient (Wildman–Crippen LogP) is 0.259. The highest BCUT2D eigenvalue weighted by molar-refractivity contribution is 5.92. The van der Waals surface area contributed by atoms with Crippen LogP contribution in [-0.4, -0.2) is 32.8 Å². The zero-order valence-corrected chi connectivity index (χ0v) is 9.47. The fraction of sp³-hybridized carbons (Fsp3) is 0.500. The lowest BCUT2D eigenvalue weighted by Crippen LogP contribution is -2.40. The van der Waals surface area contributed by atoms with E-state index in [0.29, 0.717) is 0 Å². The van der Waals surface area contributed by atoms with Crippen LogP contribution in [0.3, 0.4) is 0 Å². The van der Waals surface area contributed by atoms with Crippen molar-refractivity contribution in [2.75, 3.05) is 0 Å². The van der Waals surface area contributed by atoms with Gasteiger partial charge in [0, 0.05) is 19.3 Å². The summed E-state index contributed by atoms with van der Waals surface area (Å²) in [4.78, 5) is 22.3. The van der Waals surface area contributed by atoms with E-state index in [1.807, 2.05) is 0 Å². The SMILES string of the molecule is CC(NC(=O)c1ccn(C)n1)C(C)C(=O)O. The molecule has 6 nitrogen and oxygen atoms in total. The highest BCUT2D eigenvalue weighted by Gasteiger charge is 2.22. The summed E-state index contributed by atoms with van der Waals surface area (Å²) in [5.41, 5.74) is 0.284. The molecule has 0 radical (unpaired) electrons. The van der Waals surface area contributed by atoms with Crippen molar-refractivity contribution in [1.29, 1.82) is 0 Å². The van der Waals surface area contributed by atoms with E-state index < -0.39 is 17.9 Å². The van der Waals surface area contributed by atoms with E-state index in [9.17, 15) is 9.59 Å². The van der Waals surface area contributed by atoms with Gasteiger partial charge in [0.1, 0.15) is 5.69 Å². The Labute approximate surface area is 93.3 Å². The number of aliphatic carboxylic acids is 1. The number of carbonyl (C=O) groups excluding carboxylic acids is 1.